The zero-order valence-corrected chi connectivity index (χ0v) is 42.0. The molecule has 3 amide bonds. The van der Waals surface area contributed by atoms with E-state index in [0.717, 1.165) is 85.5 Å². The summed E-state index contributed by atoms with van der Waals surface area (Å²) in [4.78, 5) is 63.3. The minimum absolute atomic E-state index is 0.0227. The third-order valence-electron chi connectivity index (χ3n) is 15.3. The summed E-state index contributed by atoms with van der Waals surface area (Å²) in [6, 6.07) is 24.6. The second kappa shape index (κ2) is 23.0. The second-order valence-corrected chi connectivity index (χ2v) is 19.9. The number of imidazole rings is 2. The van der Waals surface area contributed by atoms with Gasteiger partial charge in [-0.25, -0.2) is 9.97 Å². The molecule has 2 aromatic heterocycles. The van der Waals surface area contributed by atoms with Crippen LogP contribution in [0.1, 0.15) is 127 Å². The summed E-state index contributed by atoms with van der Waals surface area (Å²) in [6.45, 7) is 11.9. The van der Waals surface area contributed by atoms with Crippen LogP contribution in [-0.4, -0.2) is 99.4 Å². The number of nitrogens with two attached hydrogens (primary N) is 1. The van der Waals surface area contributed by atoms with Crippen LogP contribution in [0, 0.1) is 11.8 Å². The van der Waals surface area contributed by atoms with Crippen LogP contribution >= 0.6 is 0 Å². The zero-order chi connectivity index (χ0) is 50.1. The van der Waals surface area contributed by atoms with E-state index < -0.39 is 0 Å². The molecule has 2 saturated heterocycles. The maximum absolute atomic E-state index is 13.6. The fourth-order valence-corrected chi connectivity index (χ4v) is 11.5. The molecule has 372 valence electrons. The molecular formula is C56H72N8O6. The number of carbonyl (C=O) groups excluding carboxylic acids is 3. The van der Waals surface area contributed by atoms with Gasteiger partial charge in [0.25, 0.3) is 6.47 Å². The first kappa shape index (κ1) is 51.5. The van der Waals surface area contributed by atoms with Crippen LogP contribution in [0.5, 0.6) is 0 Å². The van der Waals surface area contributed by atoms with Crippen molar-refractivity contribution in [2.45, 2.75) is 128 Å². The molecule has 4 heterocycles. The molecule has 6 aromatic rings. The van der Waals surface area contributed by atoms with Gasteiger partial charge in [-0.05, 0) is 139 Å². The summed E-state index contributed by atoms with van der Waals surface area (Å²) in [5, 5.41) is 12.6. The number of H-pyrrole nitrogens is 2. The molecule has 70 heavy (non-hydrogen) atoms. The van der Waals surface area contributed by atoms with E-state index in [2.05, 4.69) is 122 Å². The summed E-state index contributed by atoms with van der Waals surface area (Å²) in [5.74, 6) is 2.76. The Bertz CT molecular complexity index is 2750. The van der Waals surface area contributed by atoms with Crippen molar-refractivity contribution in [1.29, 1.82) is 0 Å². The molecule has 0 bridgehead atoms. The number of carbonyl (C=O) groups is 4. The van der Waals surface area contributed by atoms with E-state index in [1.54, 1.807) is 12.7 Å². The van der Waals surface area contributed by atoms with Gasteiger partial charge >= 0.3 is 0 Å². The molecule has 3 fully saturated rings. The van der Waals surface area contributed by atoms with E-state index in [9.17, 15) is 9.59 Å². The fraction of sp³-hybridized carbons (Fsp3) is 0.464. The minimum Gasteiger partial charge on any atom is -0.483 e. The Morgan fingerprint density at radius 2 is 1.47 bits per heavy atom. The maximum Gasteiger partial charge on any atom is 0.290 e. The monoisotopic (exact) mass is 953 g/mol. The lowest BCUT2D eigenvalue weighted by Gasteiger charge is -2.29. The molecule has 4 aromatic carbocycles. The van der Waals surface area contributed by atoms with E-state index in [1.165, 1.54) is 70.7 Å². The number of primary amides is 1. The number of benzene rings is 4. The number of ether oxygens (including phenoxy) is 1. The molecule has 10 rings (SSSR count). The lowest BCUT2D eigenvalue weighted by Crippen LogP contribution is -2.47. The summed E-state index contributed by atoms with van der Waals surface area (Å²) < 4.78 is 5.01. The lowest BCUT2D eigenvalue weighted by molar-refractivity contribution is -0.135. The number of likely N-dealkylation sites (tertiary alicyclic amines) is 2. The number of nitrogens with zero attached hydrogens (tertiary/aromatic N) is 4. The highest BCUT2D eigenvalue weighted by atomic mass is 16.5. The third kappa shape index (κ3) is 10.4. The van der Waals surface area contributed by atoms with Crippen LogP contribution in [0.2, 0.25) is 0 Å². The van der Waals surface area contributed by atoms with Crippen molar-refractivity contribution in [3.63, 3.8) is 0 Å². The maximum atomic E-state index is 13.6. The number of carboxylic acid groups (broad SMARTS) is 1. The van der Waals surface area contributed by atoms with Crippen molar-refractivity contribution in [1.82, 2.24) is 35.1 Å². The van der Waals surface area contributed by atoms with Crippen LogP contribution in [0.25, 0.3) is 55.3 Å². The van der Waals surface area contributed by atoms with E-state index in [-0.39, 0.29) is 48.2 Å². The van der Waals surface area contributed by atoms with E-state index >= 15 is 0 Å². The Morgan fingerprint density at radius 1 is 0.829 bits per heavy atom. The minimum atomic E-state index is -0.250. The van der Waals surface area contributed by atoms with Gasteiger partial charge in [0, 0.05) is 25.8 Å². The predicted molar refractivity (Wildman–Crippen MR) is 277 cm³/mol. The Labute approximate surface area is 412 Å². The number of aromatic amines is 2. The van der Waals surface area contributed by atoms with Gasteiger partial charge in [-0.1, -0.05) is 95.1 Å². The predicted octanol–water partition coefficient (Wildman–Crippen LogP) is 9.88. The number of fused-ring (bicyclic) bond motifs is 4. The van der Waals surface area contributed by atoms with Crippen LogP contribution in [0.4, 0.5) is 0 Å². The topological polar surface area (TPSA) is 200 Å². The molecule has 1 spiro atoms. The molecule has 4 unspecified atom stereocenters. The summed E-state index contributed by atoms with van der Waals surface area (Å²) in [7, 11) is 3.62. The first-order valence-corrected chi connectivity index (χ1v) is 25.1. The zero-order valence-electron chi connectivity index (χ0n) is 42.0. The molecule has 14 nitrogen and oxygen atoms in total. The Hall–Kier alpha value is -6.38. The Kier molecular flexibility index (Phi) is 16.9. The van der Waals surface area contributed by atoms with Gasteiger partial charge in [0.2, 0.25) is 18.7 Å². The molecule has 2 aliphatic heterocycles. The smallest absolute Gasteiger partial charge is 0.290 e. The fourth-order valence-electron chi connectivity index (χ4n) is 11.5. The highest BCUT2D eigenvalue weighted by Gasteiger charge is 2.44. The van der Waals surface area contributed by atoms with Gasteiger partial charge in [-0.3, -0.25) is 19.2 Å². The van der Waals surface area contributed by atoms with E-state index in [1.807, 2.05) is 23.0 Å². The number of hydrogen-bond acceptors (Lipinski definition) is 8. The quantitative estimate of drug-likeness (QED) is 0.0785. The van der Waals surface area contributed by atoms with Gasteiger partial charge in [-0.2, -0.15) is 0 Å². The van der Waals surface area contributed by atoms with Crippen molar-refractivity contribution in [3.05, 3.63) is 95.7 Å². The molecule has 0 radical (unpaired) electrons. The molecular weight excluding hydrogens is 881 g/mol. The molecule has 2 aliphatic carbocycles. The summed E-state index contributed by atoms with van der Waals surface area (Å²) in [6.07, 6.45) is 14.8. The first-order valence-electron chi connectivity index (χ1n) is 25.1. The Balaban J connectivity index is 0.000000497. The lowest BCUT2D eigenvalue weighted by atomic mass is 9.76. The normalized spacial score (nSPS) is 18.8. The van der Waals surface area contributed by atoms with E-state index in [4.69, 9.17) is 29.4 Å². The van der Waals surface area contributed by atoms with Gasteiger partial charge in [0.1, 0.15) is 11.6 Å². The number of nitrogens with one attached hydrogen (secondary N) is 3. The number of amides is 3. The number of aromatic nitrogens is 4. The summed E-state index contributed by atoms with van der Waals surface area (Å²) >= 11 is 0. The van der Waals surface area contributed by atoms with Gasteiger partial charge in [-0.15, -0.1) is 0 Å². The van der Waals surface area contributed by atoms with Crippen molar-refractivity contribution >= 4 is 47.0 Å². The summed E-state index contributed by atoms with van der Waals surface area (Å²) in [5.41, 5.74) is 16.7. The molecule has 4 aliphatic rings. The molecule has 1 saturated carbocycles. The van der Waals surface area contributed by atoms with Crippen LogP contribution in [-0.2, 0) is 35.8 Å². The molecule has 4 atom stereocenters. The molecule has 6 N–H and O–H groups in total. The standard InChI is InChI=1S/C48H53N7O2.C6H14O.CH3NO.CH2O2/c1-29(2)44(49-3)47(57)55-25-9-13-42(55)45-50-27-40(53-45)36-18-17-34(32-10-4-5-11-33(32)36)35-16-15-31(43-37(35)20-23-48(43)21-6-7-22-48)30-14-19-38-39(26-30)52-46(51-38)41-12-8-24-54(41)28-56;1-5(2)6(3)7-4;2*2-1-3/h4-5,10-11,14-19,26-29,41-42,44,49H,6-9,12-13,20-25H2,1-3H3,(H,50,53)(H,51,52);5-6H,1-4H3;1H,(H2,2,3);1H,(H,2,3). The number of methoxy groups -OCH3 is 1. The third-order valence-corrected chi connectivity index (χ3v) is 15.3. The van der Waals surface area contributed by atoms with Crippen LogP contribution < -0.4 is 11.1 Å². The SMILES string of the molecule is CNC(C(=O)N1CCCC1c1ncc(-c2ccc(-c3ccc(-c4ccc5nc(C6CCCN6C=O)[nH]c5c4)c4c3CCC43CCCC3)c3ccccc23)[nH]1)C(C)C.COC(C)C(C)C.NC=O.O=CO. The molecule has 14 heteroatoms. The van der Waals surface area contributed by atoms with Crippen LogP contribution in [0.15, 0.2) is 72.9 Å². The first-order chi connectivity index (χ1) is 33.9. The average Bonchev–Trinajstić information content (AvgIpc) is 4.24. The number of likely N-dealkylation sites (N-methyl/N-ethyl adjacent to an activating group) is 1. The van der Waals surface area contributed by atoms with Crippen molar-refractivity contribution in [3.8, 4) is 33.5 Å². The van der Waals surface area contributed by atoms with Crippen molar-refractivity contribution in [2.24, 2.45) is 17.6 Å². The van der Waals surface area contributed by atoms with Gasteiger partial charge in [0.05, 0.1) is 47.2 Å². The van der Waals surface area contributed by atoms with Gasteiger partial charge < -0.3 is 40.7 Å². The van der Waals surface area contributed by atoms with E-state index in [0.29, 0.717) is 12.0 Å². The average molecular weight is 953 g/mol. The number of rotatable bonds is 11. The highest BCUT2D eigenvalue weighted by molar-refractivity contribution is 6.05. The number of hydrogen-bond donors (Lipinski definition) is 5. The van der Waals surface area contributed by atoms with Gasteiger partial charge in [0.15, 0.2) is 0 Å². The highest BCUT2D eigenvalue weighted by Crippen LogP contribution is 2.56. The van der Waals surface area contributed by atoms with Crippen molar-refractivity contribution < 1.29 is 29.0 Å². The van der Waals surface area contributed by atoms with Crippen molar-refractivity contribution in [2.75, 3.05) is 27.2 Å². The largest absolute Gasteiger partial charge is 0.483 e. The second-order valence-electron chi connectivity index (χ2n) is 19.9. The van der Waals surface area contributed by atoms with Crippen LogP contribution in [0.3, 0.4) is 0 Å². The Morgan fingerprint density at radius 3 is 2.11 bits per heavy atom.